The van der Waals surface area contributed by atoms with Gasteiger partial charge in [0.15, 0.2) is 5.78 Å². The van der Waals surface area contributed by atoms with Gasteiger partial charge in [0.05, 0.1) is 6.04 Å². The van der Waals surface area contributed by atoms with E-state index in [1.807, 2.05) is 43.0 Å². The van der Waals surface area contributed by atoms with Gasteiger partial charge in [0.25, 0.3) is 0 Å². The van der Waals surface area contributed by atoms with Crippen molar-refractivity contribution < 1.29 is 9.59 Å². The number of aryl methyl sites for hydroxylation is 2. The molecular weight excluding hydrogens is 386 g/mol. The van der Waals surface area contributed by atoms with E-state index in [1.165, 1.54) is 20.9 Å². The molecule has 144 valence electrons. The maximum absolute atomic E-state index is 13.1. The zero-order valence-electron chi connectivity index (χ0n) is 16.1. The second kappa shape index (κ2) is 8.02. The highest BCUT2D eigenvalue weighted by molar-refractivity contribution is 7.10. The first-order valence-corrected chi connectivity index (χ1v) is 11.3. The third-order valence-electron chi connectivity index (χ3n) is 5.49. The van der Waals surface area contributed by atoms with Crippen molar-refractivity contribution in [2.45, 2.75) is 39.2 Å². The second-order valence-corrected chi connectivity index (χ2v) is 9.26. The number of carbonyl (C=O) groups is 2. The van der Waals surface area contributed by atoms with Crippen LogP contribution in [0.2, 0.25) is 0 Å². The Hall–Kier alpha value is -2.24. The highest BCUT2D eigenvalue weighted by Gasteiger charge is 2.33. The smallest absolute Gasteiger partial charge is 0.223 e. The van der Waals surface area contributed by atoms with Crippen molar-refractivity contribution in [3.8, 4) is 0 Å². The summed E-state index contributed by atoms with van der Waals surface area (Å²) in [6, 6.07) is 12.0. The summed E-state index contributed by atoms with van der Waals surface area (Å²) in [6.45, 7) is 4.76. The third-order valence-corrected chi connectivity index (χ3v) is 7.41. The van der Waals surface area contributed by atoms with E-state index < -0.39 is 0 Å². The minimum absolute atomic E-state index is 0.0146. The lowest BCUT2D eigenvalue weighted by atomic mass is 9.97. The molecule has 2 aromatic heterocycles. The zero-order chi connectivity index (χ0) is 19.7. The van der Waals surface area contributed by atoms with E-state index in [0.29, 0.717) is 12.1 Å². The lowest BCUT2D eigenvalue weighted by Gasteiger charge is -2.35. The molecule has 0 saturated carbocycles. The Morgan fingerprint density at radius 1 is 1.04 bits per heavy atom. The van der Waals surface area contributed by atoms with Crippen molar-refractivity contribution in [2.24, 2.45) is 0 Å². The van der Waals surface area contributed by atoms with Crippen LogP contribution in [0.4, 0.5) is 0 Å². The number of amides is 1. The lowest BCUT2D eigenvalue weighted by Crippen LogP contribution is -2.39. The molecule has 1 aliphatic heterocycles. The van der Waals surface area contributed by atoms with Crippen molar-refractivity contribution in [1.29, 1.82) is 0 Å². The molecule has 0 radical (unpaired) electrons. The normalized spacial score (nSPS) is 16.1. The molecule has 0 N–H and O–H groups in total. The molecule has 4 rings (SSSR count). The fourth-order valence-corrected chi connectivity index (χ4v) is 5.52. The first-order valence-electron chi connectivity index (χ1n) is 9.54. The van der Waals surface area contributed by atoms with Gasteiger partial charge in [0, 0.05) is 34.7 Å². The first kappa shape index (κ1) is 19.1. The van der Waals surface area contributed by atoms with Gasteiger partial charge < -0.3 is 4.90 Å². The predicted molar refractivity (Wildman–Crippen MR) is 115 cm³/mol. The fraction of sp³-hybridized carbons (Fsp3) is 0.304. The maximum atomic E-state index is 13.1. The average molecular weight is 410 g/mol. The number of benzene rings is 1. The zero-order valence-corrected chi connectivity index (χ0v) is 17.7. The van der Waals surface area contributed by atoms with E-state index in [9.17, 15) is 9.59 Å². The Bertz CT molecular complexity index is 1000. The van der Waals surface area contributed by atoms with Crippen LogP contribution in [0.5, 0.6) is 0 Å². The van der Waals surface area contributed by atoms with Crippen molar-refractivity contribution in [2.75, 3.05) is 6.54 Å². The quantitative estimate of drug-likeness (QED) is 0.517. The number of carbonyl (C=O) groups excluding carboxylic acids is 2. The molecule has 1 aromatic carbocycles. The van der Waals surface area contributed by atoms with Crippen LogP contribution in [0, 0.1) is 13.8 Å². The predicted octanol–water partition coefficient (Wildman–Crippen LogP) is 5.56. The standard InChI is InChI=1S/C23H23NO2S2/c1-15-5-6-17(14-16(15)2)19(25)7-8-22(26)24-11-9-20-18(10-13-28-20)23(24)21-4-3-12-27-21/h3-6,10,12-14,23H,7-9,11H2,1-2H3/t23-/m1/s1. The van der Waals surface area contributed by atoms with Crippen LogP contribution in [0.25, 0.3) is 0 Å². The average Bonchev–Trinajstić information content (AvgIpc) is 3.38. The summed E-state index contributed by atoms with van der Waals surface area (Å²) in [4.78, 5) is 30.2. The Balaban J connectivity index is 1.49. The summed E-state index contributed by atoms with van der Waals surface area (Å²) in [7, 11) is 0. The van der Waals surface area contributed by atoms with Gasteiger partial charge in [-0.25, -0.2) is 0 Å². The third kappa shape index (κ3) is 3.69. The van der Waals surface area contributed by atoms with Crippen LogP contribution in [0.1, 0.15) is 55.7 Å². The van der Waals surface area contributed by atoms with Crippen LogP contribution in [-0.4, -0.2) is 23.1 Å². The number of thiophene rings is 2. The number of fused-ring (bicyclic) bond motifs is 1. The molecule has 5 heteroatoms. The number of nitrogens with zero attached hydrogens (tertiary/aromatic N) is 1. The molecule has 3 nitrogen and oxygen atoms in total. The summed E-state index contributed by atoms with van der Waals surface area (Å²) in [5.74, 6) is 0.102. The van der Waals surface area contributed by atoms with Crippen LogP contribution < -0.4 is 0 Å². The Kier molecular flexibility index (Phi) is 5.47. The summed E-state index contributed by atoms with van der Waals surface area (Å²) >= 11 is 3.46. The number of ketones is 1. The van der Waals surface area contributed by atoms with Gasteiger partial charge in [0.2, 0.25) is 5.91 Å². The van der Waals surface area contributed by atoms with Gasteiger partial charge in [-0.3, -0.25) is 9.59 Å². The summed E-state index contributed by atoms with van der Waals surface area (Å²) < 4.78 is 0. The molecule has 1 atom stereocenters. The molecule has 0 bridgehead atoms. The molecule has 0 spiro atoms. The van der Waals surface area contributed by atoms with E-state index in [4.69, 9.17) is 0 Å². The molecule has 0 aliphatic carbocycles. The number of hydrogen-bond acceptors (Lipinski definition) is 4. The molecule has 28 heavy (non-hydrogen) atoms. The minimum atomic E-state index is -0.0146. The fourth-order valence-electron chi connectivity index (χ4n) is 3.76. The van der Waals surface area contributed by atoms with Gasteiger partial charge in [-0.15, -0.1) is 22.7 Å². The van der Waals surface area contributed by atoms with Crippen molar-refractivity contribution in [3.05, 3.63) is 79.2 Å². The number of rotatable bonds is 5. The molecule has 3 aromatic rings. The van der Waals surface area contributed by atoms with Crippen LogP contribution in [-0.2, 0) is 11.2 Å². The van der Waals surface area contributed by atoms with Crippen molar-refractivity contribution in [1.82, 2.24) is 4.90 Å². The number of Topliss-reactive ketones (excluding diaryl/α,β-unsaturated/α-hetero) is 1. The molecule has 0 unspecified atom stereocenters. The molecule has 1 amide bonds. The molecule has 1 aliphatic rings. The van der Waals surface area contributed by atoms with Crippen molar-refractivity contribution in [3.63, 3.8) is 0 Å². The summed E-state index contributed by atoms with van der Waals surface area (Å²) in [5.41, 5.74) is 4.22. The van der Waals surface area contributed by atoms with Crippen molar-refractivity contribution >= 4 is 34.4 Å². The minimum Gasteiger partial charge on any atom is -0.330 e. The summed E-state index contributed by atoms with van der Waals surface area (Å²) in [6.07, 6.45) is 1.41. The van der Waals surface area contributed by atoms with E-state index in [2.05, 4.69) is 22.9 Å². The van der Waals surface area contributed by atoms with Crippen LogP contribution >= 0.6 is 22.7 Å². The van der Waals surface area contributed by atoms with Gasteiger partial charge >= 0.3 is 0 Å². The van der Waals surface area contributed by atoms with E-state index in [0.717, 1.165) is 12.0 Å². The van der Waals surface area contributed by atoms with Crippen LogP contribution in [0.15, 0.2) is 47.2 Å². The summed E-state index contributed by atoms with van der Waals surface area (Å²) in [5, 5.41) is 4.17. The molecular formula is C23H23NO2S2. The highest BCUT2D eigenvalue weighted by atomic mass is 32.1. The Labute approximate surface area is 173 Å². The highest BCUT2D eigenvalue weighted by Crippen LogP contribution is 2.39. The van der Waals surface area contributed by atoms with Gasteiger partial charge in [-0.05, 0) is 65.9 Å². The van der Waals surface area contributed by atoms with E-state index in [-0.39, 0.29) is 30.6 Å². The Morgan fingerprint density at radius 3 is 2.64 bits per heavy atom. The number of hydrogen-bond donors (Lipinski definition) is 0. The molecule has 3 heterocycles. The van der Waals surface area contributed by atoms with Crippen LogP contribution in [0.3, 0.4) is 0 Å². The van der Waals surface area contributed by atoms with E-state index >= 15 is 0 Å². The van der Waals surface area contributed by atoms with Gasteiger partial charge in [-0.2, -0.15) is 0 Å². The maximum Gasteiger partial charge on any atom is 0.223 e. The van der Waals surface area contributed by atoms with Gasteiger partial charge in [-0.1, -0.05) is 18.2 Å². The first-order chi connectivity index (χ1) is 13.5. The molecule has 0 fully saturated rings. The lowest BCUT2D eigenvalue weighted by molar-refractivity contribution is -0.133. The monoisotopic (exact) mass is 409 g/mol. The second-order valence-electron chi connectivity index (χ2n) is 7.28. The Morgan fingerprint density at radius 2 is 1.89 bits per heavy atom. The SMILES string of the molecule is Cc1ccc(C(=O)CCC(=O)N2CCc3sccc3[C@@H]2c2cccs2)cc1C. The van der Waals surface area contributed by atoms with E-state index in [1.54, 1.807) is 22.7 Å². The topological polar surface area (TPSA) is 37.4 Å². The largest absolute Gasteiger partial charge is 0.330 e. The van der Waals surface area contributed by atoms with Gasteiger partial charge in [0.1, 0.15) is 0 Å². The molecule has 0 saturated heterocycles.